The van der Waals surface area contributed by atoms with E-state index in [0.717, 1.165) is 30.6 Å². The highest BCUT2D eigenvalue weighted by atomic mass is 19.1. The van der Waals surface area contributed by atoms with Crippen molar-refractivity contribution in [3.63, 3.8) is 0 Å². The van der Waals surface area contributed by atoms with Gasteiger partial charge in [0.25, 0.3) is 0 Å². The van der Waals surface area contributed by atoms with Crippen molar-refractivity contribution in [3.8, 4) is 0 Å². The first kappa shape index (κ1) is 13.1. The van der Waals surface area contributed by atoms with Gasteiger partial charge in [-0.15, -0.1) is 0 Å². The minimum Gasteiger partial charge on any atom is -0.396 e. The van der Waals surface area contributed by atoms with Gasteiger partial charge in [0, 0.05) is 12.8 Å². The molecule has 0 unspecified atom stereocenters. The van der Waals surface area contributed by atoms with E-state index >= 15 is 0 Å². The molecule has 1 heterocycles. The third-order valence-corrected chi connectivity index (χ3v) is 4.45. The molecule has 2 aliphatic rings. The molecule has 1 saturated heterocycles. The van der Waals surface area contributed by atoms with E-state index in [1.807, 2.05) is 0 Å². The maximum absolute atomic E-state index is 13.2. The van der Waals surface area contributed by atoms with Crippen molar-refractivity contribution in [3.05, 3.63) is 24.0 Å². The van der Waals surface area contributed by atoms with Gasteiger partial charge in [0.15, 0.2) is 0 Å². The van der Waals surface area contributed by atoms with Crippen LogP contribution in [0.4, 0.5) is 15.8 Å². The SMILES string of the molecule is Nc1cc(N2C(=O)CC3(CCCC3)CC2=O)ccc1F. The van der Waals surface area contributed by atoms with Crippen LogP contribution < -0.4 is 10.6 Å². The predicted molar refractivity (Wildman–Crippen MR) is 73.4 cm³/mol. The molecule has 0 radical (unpaired) electrons. The number of rotatable bonds is 1. The van der Waals surface area contributed by atoms with Crippen LogP contribution in [0.25, 0.3) is 0 Å². The Morgan fingerprint density at radius 3 is 2.25 bits per heavy atom. The average molecular weight is 276 g/mol. The number of imide groups is 1. The lowest BCUT2D eigenvalue weighted by Gasteiger charge is -2.37. The number of amides is 2. The summed E-state index contributed by atoms with van der Waals surface area (Å²) >= 11 is 0. The van der Waals surface area contributed by atoms with Crippen molar-refractivity contribution in [2.75, 3.05) is 10.6 Å². The second-order valence-electron chi connectivity index (χ2n) is 5.89. The number of halogens is 1. The Kier molecular flexibility index (Phi) is 3.00. The van der Waals surface area contributed by atoms with Gasteiger partial charge in [-0.2, -0.15) is 0 Å². The summed E-state index contributed by atoms with van der Waals surface area (Å²) in [5, 5.41) is 0. The summed E-state index contributed by atoms with van der Waals surface area (Å²) in [4.78, 5) is 25.8. The number of nitrogens with two attached hydrogens (primary N) is 1. The standard InChI is InChI=1S/C15H17FN2O2/c16-11-4-3-10(7-12(11)17)18-13(19)8-15(9-14(18)20)5-1-2-6-15/h3-4,7H,1-2,5-6,8-9,17H2. The number of nitrogen functional groups attached to an aromatic ring is 1. The first-order chi connectivity index (χ1) is 9.51. The Morgan fingerprint density at radius 2 is 1.70 bits per heavy atom. The second kappa shape index (κ2) is 4.58. The van der Waals surface area contributed by atoms with Crippen LogP contribution >= 0.6 is 0 Å². The van der Waals surface area contributed by atoms with Crippen molar-refractivity contribution in [2.45, 2.75) is 38.5 Å². The number of anilines is 2. The van der Waals surface area contributed by atoms with E-state index in [0.29, 0.717) is 18.5 Å². The molecule has 0 bridgehead atoms. The van der Waals surface area contributed by atoms with E-state index < -0.39 is 5.82 Å². The van der Waals surface area contributed by atoms with E-state index in [1.54, 1.807) is 0 Å². The topological polar surface area (TPSA) is 63.4 Å². The van der Waals surface area contributed by atoms with E-state index in [1.165, 1.54) is 18.2 Å². The summed E-state index contributed by atoms with van der Waals surface area (Å²) in [5.41, 5.74) is 5.70. The summed E-state index contributed by atoms with van der Waals surface area (Å²) in [5.74, 6) is -0.943. The molecule has 1 saturated carbocycles. The molecule has 2 N–H and O–H groups in total. The van der Waals surface area contributed by atoms with Crippen LogP contribution in [-0.2, 0) is 9.59 Å². The first-order valence-corrected chi connectivity index (χ1v) is 6.92. The largest absolute Gasteiger partial charge is 0.396 e. The maximum atomic E-state index is 13.2. The molecule has 3 rings (SSSR count). The summed E-state index contributed by atoms with van der Waals surface area (Å²) in [6.45, 7) is 0. The van der Waals surface area contributed by atoms with Gasteiger partial charge in [0.05, 0.1) is 11.4 Å². The van der Waals surface area contributed by atoms with Crippen molar-refractivity contribution < 1.29 is 14.0 Å². The number of piperidine rings is 1. The zero-order valence-corrected chi connectivity index (χ0v) is 11.2. The highest BCUT2D eigenvalue weighted by Gasteiger charge is 2.45. The molecule has 1 aliphatic carbocycles. The quantitative estimate of drug-likeness (QED) is 0.633. The second-order valence-corrected chi connectivity index (χ2v) is 5.89. The number of carbonyl (C=O) groups excluding carboxylic acids is 2. The molecule has 1 aliphatic heterocycles. The van der Waals surface area contributed by atoms with Crippen LogP contribution in [0.15, 0.2) is 18.2 Å². The lowest BCUT2D eigenvalue weighted by atomic mass is 9.76. The average Bonchev–Trinajstić information content (AvgIpc) is 2.80. The van der Waals surface area contributed by atoms with Crippen molar-refractivity contribution in [1.82, 2.24) is 0 Å². The van der Waals surface area contributed by atoms with Crippen LogP contribution in [-0.4, -0.2) is 11.8 Å². The molecule has 5 heteroatoms. The summed E-state index contributed by atoms with van der Waals surface area (Å²) in [6, 6.07) is 3.96. The molecule has 1 aromatic rings. The number of hydrogen-bond acceptors (Lipinski definition) is 3. The summed E-state index contributed by atoms with van der Waals surface area (Å²) in [6.07, 6.45) is 4.87. The maximum Gasteiger partial charge on any atom is 0.234 e. The van der Waals surface area contributed by atoms with Gasteiger partial charge in [-0.05, 0) is 36.5 Å². The molecule has 20 heavy (non-hydrogen) atoms. The Morgan fingerprint density at radius 1 is 1.10 bits per heavy atom. The smallest absolute Gasteiger partial charge is 0.234 e. The Hall–Kier alpha value is -1.91. The fourth-order valence-electron chi connectivity index (χ4n) is 3.44. The van der Waals surface area contributed by atoms with Gasteiger partial charge < -0.3 is 5.73 Å². The molecular formula is C15H17FN2O2. The lowest BCUT2D eigenvalue weighted by molar-refractivity contribution is -0.133. The van der Waals surface area contributed by atoms with Crippen LogP contribution in [0, 0.1) is 11.2 Å². The molecule has 0 aromatic heterocycles. The Balaban J connectivity index is 1.89. The first-order valence-electron chi connectivity index (χ1n) is 6.92. The van der Waals surface area contributed by atoms with Crippen LogP contribution in [0.2, 0.25) is 0 Å². The Labute approximate surface area is 116 Å². The Bertz CT molecular complexity index is 559. The fourth-order valence-corrected chi connectivity index (χ4v) is 3.44. The number of carbonyl (C=O) groups is 2. The summed E-state index contributed by atoms with van der Waals surface area (Å²) in [7, 11) is 0. The minimum absolute atomic E-state index is 0.0516. The molecule has 106 valence electrons. The molecule has 2 amide bonds. The van der Waals surface area contributed by atoms with Gasteiger partial charge in [0.2, 0.25) is 11.8 Å². The number of nitrogens with zero attached hydrogens (tertiary/aromatic N) is 1. The number of benzene rings is 1. The van der Waals surface area contributed by atoms with E-state index in [9.17, 15) is 14.0 Å². The fraction of sp³-hybridized carbons (Fsp3) is 0.467. The minimum atomic E-state index is -0.544. The molecule has 0 atom stereocenters. The zero-order valence-electron chi connectivity index (χ0n) is 11.2. The summed E-state index contributed by atoms with van der Waals surface area (Å²) < 4.78 is 13.2. The van der Waals surface area contributed by atoms with Gasteiger partial charge in [-0.25, -0.2) is 4.39 Å². The highest BCUT2D eigenvalue weighted by molar-refractivity contribution is 6.17. The number of hydrogen-bond donors (Lipinski definition) is 1. The van der Waals surface area contributed by atoms with Crippen molar-refractivity contribution >= 4 is 23.2 Å². The normalized spacial score (nSPS) is 21.8. The monoisotopic (exact) mass is 276 g/mol. The van der Waals surface area contributed by atoms with Crippen molar-refractivity contribution in [2.24, 2.45) is 5.41 Å². The molecule has 4 nitrogen and oxygen atoms in total. The van der Waals surface area contributed by atoms with E-state index in [4.69, 9.17) is 5.73 Å². The van der Waals surface area contributed by atoms with Gasteiger partial charge in [-0.1, -0.05) is 12.8 Å². The third kappa shape index (κ3) is 2.07. The third-order valence-electron chi connectivity index (χ3n) is 4.45. The predicted octanol–water partition coefficient (Wildman–Crippen LogP) is 2.62. The lowest BCUT2D eigenvalue weighted by Crippen LogP contribution is -2.47. The van der Waals surface area contributed by atoms with Crippen molar-refractivity contribution in [1.29, 1.82) is 0 Å². The molecular weight excluding hydrogens is 259 g/mol. The van der Waals surface area contributed by atoms with Crippen LogP contribution in [0.5, 0.6) is 0 Å². The van der Waals surface area contributed by atoms with Crippen LogP contribution in [0.1, 0.15) is 38.5 Å². The van der Waals surface area contributed by atoms with Gasteiger partial charge >= 0.3 is 0 Å². The molecule has 1 aromatic carbocycles. The van der Waals surface area contributed by atoms with Crippen LogP contribution in [0.3, 0.4) is 0 Å². The molecule has 1 spiro atoms. The highest BCUT2D eigenvalue weighted by Crippen LogP contribution is 2.47. The van der Waals surface area contributed by atoms with Gasteiger partial charge in [0.1, 0.15) is 5.82 Å². The molecule has 2 fully saturated rings. The van der Waals surface area contributed by atoms with E-state index in [-0.39, 0.29) is 22.9 Å². The van der Waals surface area contributed by atoms with Gasteiger partial charge in [-0.3, -0.25) is 14.5 Å². The van der Waals surface area contributed by atoms with E-state index in [2.05, 4.69) is 0 Å². The zero-order chi connectivity index (χ0) is 14.3.